The minimum absolute atomic E-state index is 0.0122. The number of fused-ring (bicyclic) bond motifs is 1. The molecule has 2 heterocycles. The number of sulfonamides is 1. The van der Waals surface area contributed by atoms with Crippen molar-refractivity contribution in [1.82, 2.24) is 5.32 Å². The fraction of sp³-hybridized carbons (Fsp3) is 0.458. The largest absolute Gasteiger partial charge is 0.505 e. The second-order valence-corrected chi connectivity index (χ2v) is 10.9. The van der Waals surface area contributed by atoms with E-state index < -0.39 is 21.5 Å². The first-order chi connectivity index (χ1) is 15.7. The summed E-state index contributed by atoms with van der Waals surface area (Å²) in [5.41, 5.74) is 5.97. The van der Waals surface area contributed by atoms with Crippen LogP contribution in [0.5, 0.6) is 11.5 Å². The van der Waals surface area contributed by atoms with Crippen molar-refractivity contribution in [2.45, 2.75) is 50.0 Å². The third-order valence-corrected chi connectivity index (χ3v) is 8.21. The van der Waals surface area contributed by atoms with E-state index in [1.54, 1.807) is 31.2 Å². The van der Waals surface area contributed by atoms with Crippen LogP contribution in [0.2, 0.25) is 0 Å². The molecule has 1 saturated heterocycles. The lowest BCUT2D eigenvalue weighted by Gasteiger charge is -2.32. The van der Waals surface area contributed by atoms with Crippen LogP contribution in [0.15, 0.2) is 41.3 Å². The Morgan fingerprint density at radius 1 is 1.33 bits per heavy atom. The molecule has 2 atom stereocenters. The monoisotopic (exact) mass is 473 g/mol. The van der Waals surface area contributed by atoms with Crippen LogP contribution < -0.4 is 20.1 Å². The van der Waals surface area contributed by atoms with Gasteiger partial charge in [0.15, 0.2) is 0 Å². The summed E-state index contributed by atoms with van der Waals surface area (Å²) in [5, 5.41) is 14.3. The number of phenolic OH excluding ortho intramolecular Hbond substituents is 1. The van der Waals surface area contributed by atoms with E-state index in [0.717, 1.165) is 16.3 Å². The minimum atomic E-state index is -4.32. The van der Waals surface area contributed by atoms with E-state index in [2.05, 4.69) is 5.32 Å². The van der Waals surface area contributed by atoms with Crippen LogP contribution in [-0.4, -0.2) is 44.7 Å². The molecular weight excluding hydrogens is 442 g/mol. The van der Waals surface area contributed by atoms with Crippen molar-refractivity contribution in [3.63, 3.8) is 0 Å². The maximum atomic E-state index is 13.9. The first-order valence-electron chi connectivity index (χ1n) is 11.3. The molecule has 8 nitrogen and oxygen atoms in total. The quantitative estimate of drug-likeness (QED) is 0.564. The summed E-state index contributed by atoms with van der Waals surface area (Å²) in [5.74, 6) is -0.105. The van der Waals surface area contributed by atoms with Gasteiger partial charge < -0.3 is 20.9 Å². The Morgan fingerprint density at radius 3 is 2.82 bits per heavy atom. The summed E-state index contributed by atoms with van der Waals surface area (Å²) in [7, 11) is -4.32. The number of hydrogen-bond donors (Lipinski definition) is 3. The van der Waals surface area contributed by atoms with Crippen LogP contribution in [0.1, 0.15) is 37.8 Å². The van der Waals surface area contributed by atoms with E-state index in [0.29, 0.717) is 50.3 Å². The molecule has 2 aliphatic rings. The molecule has 178 valence electrons. The molecule has 0 unspecified atom stereocenters. The van der Waals surface area contributed by atoms with Crippen molar-refractivity contribution in [3.8, 4) is 11.5 Å². The van der Waals surface area contributed by atoms with Crippen molar-refractivity contribution in [1.29, 1.82) is 0 Å². The Hall–Kier alpha value is -2.62. The Kier molecular flexibility index (Phi) is 6.39. The van der Waals surface area contributed by atoms with Crippen LogP contribution in [0.25, 0.3) is 0 Å². The molecule has 33 heavy (non-hydrogen) atoms. The van der Waals surface area contributed by atoms with E-state index in [1.165, 1.54) is 12.1 Å². The number of para-hydroxylation sites is 1. The first-order valence-corrected chi connectivity index (χ1v) is 12.7. The fourth-order valence-corrected chi connectivity index (χ4v) is 6.01. The maximum absolute atomic E-state index is 13.9. The standard InChI is InChI=1S/C24H31N3O5S/c1-16(15-25)13-18-5-3-6-20(22(18)28)27(23(29)24(2)10-4-11-26-24)33(30,31)19-7-8-21-17(14-19)9-12-32-21/h3,5-8,14,16,26,28H,4,9-13,15,25H2,1-2H3/t16-,24+/m1/s1. The molecule has 2 aromatic carbocycles. The zero-order chi connectivity index (χ0) is 23.8. The van der Waals surface area contributed by atoms with Gasteiger partial charge in [0.25, 0.3) is 15.9 Å². The highest BCUT2D eigenvalue weighted by molar-refractivity contribution is 7.93. The number of phenols is 1. The van der Waals surface area contributed by atoms with E-state index in [9.17, 15) is 18.3 Å². The molecule has 0 radical (unpaired) electrons. The molecule has 9 heteroatoms. The van der Waals surface area contributed by atoms with Crippen molar-refractivity contribution in [2.75, 3.05) is 24.0 Å². The third-order valence-electron chi connectivity index (χ3n) is 6.51. The molecular formula is C24H31N3O5S. The van der Waals surface area contributed by atoms with Gasteiger partial charge in [0, 0.05) is 6.42 Å². The summed E-state index contributed by atoms with van der Waals surface area (Å²) in [6, 6.07) is 9.47. The molecule has 0 bridgehead atoms. The highest BCUT2D eigenvalue weighted by Crippen LogP contribution is 2.39. The Morgan fingerprint density at radius 2 is 2.12 bits per heavy atom. The number of aromatic hydroxyl groups is 1. The molecule has 4 rings (SSSR count). The van der Waals surface area contributed by atoms with Crippen molar-refractivity contribution in [3.05, 3.63) is 47.5 Å². The van der Waals surface area contributed by atoms with Gasteiger partial charge in [-0.25, -0.2) is 8.42 Å². The number of amides is 1. The average Bonchev–Trinajstić information content (AvgIpc) is 3.45. The fourth-order valence-electron chi connectivity index (χ4n) is 4.44. The normalized spacial score (nSPS) is 20.8. The molecule has 0 aromatic heterocycles. The van der Waals surface area contributed by atoms with Gasteiger partial charge in [-0.2, -0.15) is 4.31 Å². The predicted molar refractivity (Wildman–Crippen MR) is 126 cm³/mol. The van der Waals surface area contributed by atoms with E-state index >= 15 is 0 Å². The average molecular weight is 474 g/mol. The summed E-state index contributed by atoms with van der Waals surface area (Å²) >= 11 is 0. The number of nitrogens with zero attached hydrogens (tertiary/aromatic N) is 1. The van der Waals surface area contributed by atoms with Crippen LogP contribution in [0.3, 0.4) is 0 Å². The number of benzene rings is 2. The number of nitrogens with one attached hydrogen (secondary N) is 1. The Labute approximate surface area is 194 Å². The lowest BCUT2D eigenvalue weighted by Crippen LogP contribution is -2.54. The Bertz CT molecular complexity index is 1160. The highest BCUT2D eigenvalue weighted by atomic mass is 32.2. The summed E-state index contributed by atoms with van der Waals surface area (Å²) in [4.78, 5) is 13.8. The third kappa shape index (κ3) is 4.32. The van der Waals surface area contributed by atoms with Crippen molar-refractivity contribution >= 4 is 21.6 Å². The predicted octanol–water partition coefficient (Wildman–Crippen LogP) is 2.33. The number of anilines is 1. The minimum Gasteiger partial charge on any atom is -0.505 e. The van der Waals surface area contributed by atoms with Gasteiger partial charge in [-0.1, -0.05) is 19.1 Å². The molecule has 1 fully saturated rings. The number of carbonyl (C=O) groups excluding carboxylic acids is 1. The number of ether oxygens (including phenoxy) is 1. The van der Waals surface area contributed by atoms with Gasteiger partial charge >= 0.3 is 0 Å². The zero-order valence-corrected chi connectivity index (χ0v) is 19.8. The van der Waals surface area contributed by atoms with Crippen molar-refractivity contribution in [2.24, 2.45) is 11.7 Å². The van der Waals surface area contributed by atoms with E-state index in [4.69, 9.17) is 10.5 Å². The highest BCUT2D eigenvalue weighted by Gasteiger charge is 2.45. The second-order valence-electron chi connectivity index (χ2n) is 9.13. The van der Waals surface area contributed by atoms with Crippen LogP contribution >= 0.6 is 0 Å². The van der Waals surface area contributed by atoms with Gasteiger partial charge in [-0.05, 0) is 80.6 Å². The number of hydrogen-bond acceptors (Lipinski definition) is 7. The van der Waals surface area contributed by atoms with Crippen molar-refractivity contribution < 1.29 is 23.1 Å². The smallest absolute Gasteiger partial charge is 0.271 e. The van der Waals surface area contributed by atoms with Gasteiger partial charge in [-0.15, -0.1) is 0 Å². The summed E-state index contributed by atoms with van der Waals surface area (Å²) < 4.78 is 34.1. The SMILES string of the molecule is C[C@@H](CN)Cc1cccc(N(C(=O)[C@]2(C)CCCN2)S(=O)(=O)c2ccc3c(c2)CCO3)c1O. The first kappa shape index (κ1) is 23.5. The Balaban J connectivity index is 1.85. The van der Waals surface area contributed by atoms with Gasteiger partial charge in [0.1, 0.15) is 17.2 Å². The lowest BCUT2D eigenvalue weighted by atomic mass is 9.98. The molecule has 2 aliphatic heterocycles. The molecule has 0 aliphatic carbocycles. The van der Waals surface area contributed by atoms with E-state index in [1.807, 2.05) is 6.92 Å². The van der Waals surface area contributed by atoms with Gasteiger partial charge in [-0.3, -0.25) is 4.79 Å². The molecule has 0 spiro atoms. The molecule has 4 N–H and O–H groups in total. The maximum Gasteiger partial charge on any atom is 0.271 e. The van der Waals surface area contributed by atoms with Crippen LogP contribution in [0.4, 0.5) is 5.69 Å². The summed E-state index contributed by atoms with van der Waals surface area (Å²) in [6.45, 7) is 5.18. The van der Waals surface area contributed by atoms with Gasteiger partial charge in [0.05, 0.1) is 17.0 Å². The number of nitrogens with two attached hydrogens (primary N) is 1. The van der Waals surface area contributed by atoms with Gasteiger partial charge in [0.2, 0.25) is 0 Å². The lowest BCUT2D eigenvalue weighted by molar-refractivity contribution is -0.122. The van der Waals surface area contributed by atoms with Crippen LogP contribution in [0, 0.1) is 5.92 Å². The summed E-state index contributed by atoms with van der Waals surface area (Å²) in [6.07, 6.45) is 2.32. The second kappa shape index (κ2) is 8.96. The topological polar surface area (TPSA) is 122 Å². The zero-order valence-electron chi connectivity index (χ0n) is 19.0. The van der Waals surface area contributed by atoms with Crippen LogP contribution in [-0.2, 0) is 27.7 Å². The number of rotatable bonds is 7. The number of carbonyl (C=O) groups is 1. The molecule has 2 aromatic rings. The molecule has 1 amide bonds. The van der Waals surface area contributed by atoms with E-state index in [-0.39, 0.29) is 22.3 Å². The molecule has 0 saturated carbocycles.